The number of hydrogen-bond donors (Lipinski definition) is 2. The molecule has 1 aromatic carbocycles. The van der Waals surface area contributed by atoms with Crippen molar-refractivity contribution in [2.45, 2.75) is 56.7 Å². The molecule has 3 fully saturated rings. The molecule has 3 amide bonds. The molecule has 8 nitrogen and oxygen atoms in total. The standard InChI is InChI=1S/C23H31N3O5/c1-30-20-4-2-15(14-19(20)18-3-5-21(27)25-22(18)28)23(29)26-12-8-17(9-13-26)31-16-6-10-24-11-7-16/h2,4,14,16-18,24H,3,5-13H2,1H3,(H,25,27,28). The van der Waals surface area contributed by atoms with Crippen molar-refractivity contribution in [3.05, 3.63) is 29.3 Å². The SMILES string of the molecule is COc1ccc(C(=O)N2CCC(OC3CCNCC3)CC2)cc1C1CCC(=O)NC1=O. The smallest absolute Gasteiger partial charge is 0.253 e. The van der Waals surface area contributed by atoms with Crippen molar-refractivity contribution in [1.29, 1.82) is 0 Å². The molecule has 168 valence electrons. The van der Waals surface area contributed by atoms with E-state index in [9.17, 15) is 14.4 Å². The lowest BCUT2D eigenvalue weighted by atomic mass is 9.88. The van der Waals surface area contributed by atoms with Crippen molar-refractivity contribution < 1.29 is 23.9 Å². The van der Waals surface area contributed by atoms with Gasteiger partial charge in [0.2, 0.25) is 11.8 Å². The van der Waals surface area contributed by atoms with Gasteiger partial charge < -0.3 is 19.7 Å². The summed E-state index contributed by atoms with van der Waals surface area (Å²) in [5, 5.41) is 5.73. The van der Waals surface area contributed by atoms with E-state index in [2.05, 4.69) is 10.6 Å². The van der Waals surface area contributed by atoms with Crippen LogP contribution in [-0.2, 0) is 14.3 Å². The number of amides is 3. The second-order valence-corrected chi connectivity index (χ2v) is 8.54. The number of benzene rings is 1. The summed E-state index contributed by atoms with van der Waals surface area (Å²) in [6.07, 6.45) is 5.01. The van der Waals surface area contributed by atoms with Crippen molar-refractivity contribution in [1.82, 2.24) is 15.5 Å². The molecule has 3 saturated heterocycles. The Kier molecular flexibility index (Phi) is 6.87. The molecule has 0 aliphatic carbocycles. The first-order valence-electron chi connectivity index (χ1n) is 11.2. The molecule has 0 spiro atoms. The van der Waals surface area contributed by atoms with Gasteiger partial charge in [-0.2, -0.15) is 0 Å². The number of rotatable bonds is 5. The highest BCUT2D eigenvalue weighted by Gasteiger charge is 2.32. The monoisotopic (exact) mass is 429 g/mol. The second kappa shape index (κ2) is 9.78. The number of carbonyl (C=O) groups excluding carboxylic acids is 3. The van der Waals surface area contributed by atoms with E-state index in [-0.39, 0.29) is 30.2 Å². The Morgan fingerprint density at radius 2 is 1.74 bits per heavy atom. The molecule has 31 heavy (non-hydrogen) atoms. The third-order valence-electron chi connectivity index (χ3n) is 6.49. The van der Waals surface area contributed by atoms with Crippen LogP contribution in [0.4, 0.5) is 0 Å². The number of carbonyl (C=O) groups is 3. The molecule has 2 N–H and O–H groups in total. The van der Waals surface area contributed by atoms with Gasteiger partial charge in [-0.25, -0.2) is 0 Å². The van der Waals surface area contributed by atoms with Gasteiger partial charge in [0.1, 0.15) is 5.75 Å². The number of hydrogen-bond acceptors (Lipinski definition) is 6. The summed E-state index contributed by atoms with van der Waals surface area (Å²) >= 11 is 0. The van der Waals surface area contributed by atoms with Gasteiger partial charge in [0.15, 0.2) is 0 Å². The molecular weight excluding hydrogens is 398 g/mol. The maximum Gasteiger partial charge on any atom is 0.253 e. The van der Waals surface area contributed by atoms with Gasteiger partial charge in [0.25, 0.3) is 5.91 Å². The van der Waals surface area contributed by atoms with Crippen LogP contribution in [-0.4, -0.2) is 68.1 Å². The van der Waals surface area contributed by atoms with E-state index in [0.717, 1.165) is 38.8 Å². The number of methoxy groups -OCH3 is 1. The van der Waals surface area contributed by atoms with Gasteiger partial charge in [-0.1, -0.05) is 0 Å². The number of imide groups is 1. The number of likely N-dealkylation sites (tertiary alicyclic amines) is 1. The summed E-state index contributed by atoms with van der Waals surface area (Å²) in [7, 11) is 1.54. The minimum absolute atomic E-state index is 0.0449. The van der Waals surface area contributed by atoms with Crippen LogP contribution in [0.25, 0.3) is 0 Å². The molecule has 1 atom stereocenters. The molecule has 1 aromatic rings. The van der Waals surface area contributed by atoms with E-state index in [1.54, 1.807) is 25.3 Å². The molecule has 3 aliphatic heterocycles. The minimum atomic E-state index is -0.496. The zero-order chi connectivity index (χ0) is 21.8. The van der Waals surface area contributed by atoms with Crippen LogP contribution in [0.1, 0.15) is 60.4 Å². The Hall–Kier alpha value is -2.45. The predicted octanol–water partition coefficient (Wildman–Crippen LogP) is 1.59. The van der Waals surface area contributed by atoms with E-state index < -0.39 is 5.92 Å². The molecular formula is C23H31N3O5. The topological polar surface area (TPSA) is 97.0 Å². The van der Waals surface area contributed by atoms with E-state index >= 15 is 0 Å². The van der Waals surface area contributed by atoms with Gasteiger partial charge in [-0.05, 0) is 63.4 Å². The fraction of sp³-hybridized carbons (Fsp3) is 0.609. The molecule has 8 heteroatoms. The first-order chi connectivity index (χ1) is 15.0. The maximum atomic E-state index is 13.1. The Bertz CT molecular complexity index is 829. The highest BCUT2D eigenvalue weighted by molar-refractivity contribution is 6.02. The zero-order valence-corrected chi connectivity index (χ0v) is 18.0. The number of nitrogens with one attached hydrogen (secondary N) is 2. The highest BCUT2D eigenvalue weighted by Crippen LogP contribution is 2.33. The van der Waals surface area contributed by atoms with Crippen molar-refractivity contribution in [3.8, 4) is 5.75 Å². The fourth-order valence-corrected chi connectivity index (χ4v) is 4.71. The second-order valence-electron chi connectivity index (χ2n) is 8.54. The number of piperidine rings is 3. The Morgan fingerprint density at radius 1 is 1.03 bits per heavy atom. The normalized spacial score (nSPS) is 23.5. The average Bonchev–Trinajstić information content (AvgIpc) is 2.79. The molecule has 0 saturated carbocycles. The first-order valence-corrected chi connectivity index (χ1v) is 11.2. The molecule has 0 radical (unpaired) electrons. The van der Waals surface area contributed by atoms with Crippen LogP contribution in [0.5, 0.6) is 5.75 Å². The van der Waals surface area contributed by atoms with Crippen LogP contribution >= 0.6 is 0 Å². The molecule has 4 rings (SSSR count). The summed E-state index contributed by atoms with van der Waals surface area (Å²) < 4.78 is 11.7. The van der Waals surface area contributed by atoms with Crippen LogP contribution in [0.15, 0.2) is 18.2 Å². The summed E-state index contributed by atoms with van der Waals surface area (Å²) in [6, 6.07) is 5.23. The maximum absolute atomic E-state index is 13.1. The molecule has 0 aromatic heterocycles. The number of nitrogens with zero attached hydrogens (tertiary/aromatic N) is 1. The van der Waals surface area contributed by atoms with Crippen molar-refractivity contribution in [3.63, 3.8) is 0 Å². The summed E-state index contributed by atoms with van der Waals surface area (Å²) in [4.78, 5) is 38.9. The largest absolute Gasteiger partial charge is 0.496 e. The Labute approximate surface area is 182 Å². The van der Waals surface area contributed by atoms with Gasteiger partial charge in [-0.3, -0.25) is 19.7 Å². The quantitative estimate of drug-likeness (QED) is 0.690. The van der Waals surface area contributed by atoms with Crippen LogP contribution in [0.3, 0.4) is 0 Å². The summed E-state index contributed by atoms with van der Waals surface area (Å²) in [5.41, 5.74) is 1.20. The minimum Gasteiger partial charge on any atom is -0.496 e. The highest BCUT2D eigenvalue weighted by atomic mass is 16.5. The lowest BCUT2D eigenvalue weighted by Gasteiger charge is -2.35. The van der Waals surface area contributed by atoms with Crippen molar-refractivity contribution >= 4 is 17.7 Å². The van der Waals surface area contributed by atoms with E-state index in [0.29, 0.717) is 42.5 Å². The summed E-state index contributed by atoms with van der Waals surface area (Å²) in [6.45, 7) is 3.34. The zero-order valence-electron chi connectivity index (χ0n) is 18.0. The third kappa shape index (κ3) is 5.07. The lowest BCUT2D eigenvalue weighted by molar-refractivity contribution is -0.134. The lowest BCUT2D eigenvalue weighted by Crippen LogP contribution is -2.43. The first kappa shape index (κ1) is 21.8. The molecule has 1 unspecified atom stereocenters. The molecule has 3 aliphatic rings. The van der Waals surface area contributed by atoms with Crippen LogP contribution in [0.2, 0.25) is 0 Å². The van der Waals surface area contributed by atoms with Crippen molar-refractivity contribution in [2.24, 2.45) is 0 Å². The molecule has 0 bridgehead atoms. The van der Waals surface area contributed by atoms with Crippen LogP contribution < -0.4 is 15.4 Å². The Balaban J connectivity index is 1.40. The predicted molar refractivity (Wildman–Crippen MR) is 114 cm³/mol. The fourth-order valence-electron chi connectivity index (χ4n) is 4.71. The molecule has 3 heterocycles. The van der Waals surface area contributed by atoms with E-state index in [1.807, 2.05) is 4.90 Å². The summed E-state index contributed by atoms with van der Waals surface area (Å²) in [5.74, 6) is -0.585. The van der Waals surface area contributed by atoms with Gasteiger partial charge >= 0.3 is 0 Å². The van der Waals surface area contributed by atoms with Crippen LogP contribution in [0, 0.1) is 0 Å². The van der Waals surface area contributed by atoms with Gasteiger partial charge in [0, 0.05) is 30.6 Å². The Morgan fingerprint density at radius 3 is 2.42 bits per heavy atom. The van der Waals surface area contributed by atoms with Gasteiger partial charge in [-0.15, -0.1) is 0 Å². The van der Waals surface area contributed by atoms with E-state index in [1.165, 1.54) is 0 Å². The number of ether oxygens (including phenoxy) is 2. The van der Waals surface area contributed by atoms with Crippen molar-refractivity contribution in [2.75, 3.05) is 33.3 Å². The average molecular weight is 430 g/mol. The van der Waals surface area contributed by atoms with E-state index in [4.69, 9.17) is 9.47 Å². The van der Waals surface area contributed by atoms with Gasteiger partial charge in [0.05, 0.1) is 25.2 Å². The third-order valence-corrected chi connectivity index (χ3v) is 6.49.